The van der Waals surface area contributed by atoms with E-state index in [1.165, 1.54) is 0 Å². The normalized spacial score (nSPS) is 13.4. The first-order valence-electron chi connectivity index (χ1n) is 4.12. The molecule has 2 aromatic rings. The van der Waals surface area contributed by atoms with Crippen molar-refractivity contribution < 1.29 is 5.11 Å². The fourth-order valence-electron chi connectivity index (χ4n) is 1.30. The van der Waals surface area contributed by atoms with Crippen LogP contribution in [0, 0.1) is 0 Å². The minimum Gasteiger partial charge on any atom is -0.387 e. The molecule has 0 aliphatic heterocycles. The molecule has 0 fully saturated rings. The van der Waals surface area contributed by atoms with Gasteiger partial charge in [-0.3, -0.25) is 0 Å². The number of nitrogens with one attached hydrogen (secondary N) is 1. The predicted octanol–water partition coefficient (Wildman–Crippen LogP) is 0.555. The summed E-state index contributed by atoms with van der Waals surface area (Å²) >= 11 is 0. The molecule has 0 bridgehead atoms. The van der Waals surface area contributed by atoms with E-state index in [9.17, 15) is 5.11 Å². The number of benzene rings is 1. The van der Waals surface area contributed by atoms with Crippen LogP contribution in [0.15, 0.2) is 24.5 Å². The van der Waals surface area contributed by atoms with Gasteiger partial charge in [0, 0.05) is 6.54 Å². The van der Waals surface area contributed by atoms with E-state index in [1.807, 2.05) is 18.2 Å². The molecular formula is C9H11N3O. The van der Waals surface area contributed by atoms with Gasteiger partial charge < -0.3 is 15.8 Å². The van der Waals surface area contributed by atoms with E-state index in [0.717, 1.165) is 16.6 Å². The summed E-state index contributed by atoms with van der Waals surface area (Å²) in [6.07, 6.45) is 1.04. The number of nitrogens with zero attached hydrogens (tertiary/aromatic N) is 1. The molecule has 13 heavy (non-hydrogen) atoms. The van der Waals surface area contributed by atoms with E-state index >= 15 is 0 Å². The van der Waals surface area contributed by atoms with Crippen LogP contribution in [-0.2, 0) is 0 Å². The van der Waals surface area contributed by atoms with E-state index in [0.29, 0.717) is 0 Å². The molecule has 0 amide bonds. The summed E-state index contributed by atoms with van der Waals surface area (Å²) in [5.74, 6) is 0. The number of aromatic amines is 1. The van der Waals surface area contributed by atoms with Gasteiger partial charge in [-0.15, -0.1) is 0 Å². The van der Waals surface area contributed by atoms with Crippen LogP contribution >= 0.6 is 0 Å². The van der Waals surface area contributed by atoms with Crippen LogP contribution in [0.25, 0.3) is 11.0 Å². The highest BCUT2D eigenvalue weighted by molar-refractivity contribution is 5.75. The number of rotatable bonds is 2. The van der Waals surface area contributed by atoms with Crippen LogP contribution in [0.1, 0.15) is 11.7 Å². The third-order valence-electron chi connectivity index (χ3n) is 2.05. The van der Waals surface area contributed by atoms with Crippen molar-refractivity contribution in [1.29, 1.82) is 0 Å². The quantitative estimate of drug-likeness (QED) is 0.627. The third kappa shape index (κ3) is 1.41. The largest absolute Gasteiger partial charge is 0.387 e. The lowest BCUT2D eigenvalue weighted by Gasteiger charge is -2.06. The number of imidazole rings is 1. The maximum Gasteiger partial charge on any atom is 0.0931 e. The van der Waals surface area contributed by atoms with Crippen molar-refractivity contribution in [2.75, 3.05) is 6.54 Å². The van der Waals surface area contributed by atoms with Gasteiger partial charge in [0.1, 0.15) is 0 Å². The maximum absolute atomic E-state index is 9.47. The second kappa shape index (κ2) is 3.16. The Labute approximate surface area is 75.4 Å². The topological polar surface area (TPSA) is 74.9 Å². The Bertz CT molecular complexity index is 410. The van der Waals surface area contributed by atoms with Crippen molar-refractivity contribution in [3.05, 3.63) is 30.1 Å². The Morgan fingerprint density at radius 3 is 3.15 bits per heavy atom. The molecule has 1 aromatic heterocycles. The molecule has 1 atom stereocenters. The SMILES string of the molecule is NC[C@H](O)c1ccc2nc[nH]c2c1. The first-order chi connectivity index (χ1) is 6.31. The van der Waals surface area contributed by atoms with Gasteiger partial charge >= 0.3 is 0 Å². The predicted molar refractivity (Wildman–Crippen MR) is 50.1 cm³/mol. The van der Waals surface area contributed by atoms with E-state index in [1.54, 1.807) is 6.33 Å². The molecule has 0 aliphatic rings. The molecule has 2 rings (SSSR count). The van der Waals surface area contributed by atoms with E-state index in [-0.39, 0.29) is 6.54 Å². The number of aliphatic hydroxyl groups excluding tert-OH is 1. The molecular weight excluding hydrogens is 166 g/mol. The van der Waals surface area contributed by atoms with Crippen LogP contribution in [-0.4, -0.2) is 21.6 Å². The van der Waals surface area contributed by atoms with Crippen molar-refractivity contribution in [3.8, 4) is 0 Å². The van der Waals surface area contributed by atoms with Crippen molar-refractivity contribution in [1.82, 2.24) is 9.97 Å². The standard InChI is InChI=1S/C9H11N3O/c10-4-9(13)6-1-2-7-8(3-6)12-5-11-7/h1-3,5,9,13H,4,10H2,(H,11,12)/t9-/m0/s1. The zero-order valence-electron chi connectivity index (χ0n) is 7.07. The average molecular weight is 177 g/mol. The van der Waals surface area contributed by atoms with Gasteiger partial charge in [0.15, 0.2) is 0 Å². The van der Waals surface area contributed by atoms with Gasteiger partial charge in [-0.1, -0.05) is 6.07 Å². The molecule has 0 radical (unpaired) electrons. The Morgan fingerprint density at radius 2 is 2.38 bits per heavy atom. The lowest BCUT2D eigenvalue weighted by Crippen LogP contribution is -2.11. The Balaban J connectivity index is 2.48. The third-order valence-corrected chi connectivity index (χ3v) is 2.05. The monoisotopic (exact) mass is 177 g/mol. The number of fused-ring (bicyclic) bond motifs is 1. The Morgan fingerprint density at radius 1 is 1.54 bits per heavy atom. The second-order valence-electron chi connectivity index (χ2n) is 2.93. The Hall–Kier alpha value is -1.39. The first-order valence-corrected chi connectivity index (χ1v) is 4.12. The van der Waals surface area contributed by atoms with Crippen molar-refractivity contribution in [3.63, 3.8) is 0 Å². The molecule has 68 valence electrons. The summed E-state index contributed by atoms with van der Waals surface area (Å²) in [7, 11) is 0. The summed E-state index contributed by atoms with van der Waals surface area (Å²) in [5.41, 5.74) is 7.98. The maximum atomic E-state index is 9.47. The number of aliphatic hydroxyl groups is 1. The zero-order valence-corrected chi connectivity index (χ0v) is 7.07. The fourth-order valence-corrected chi connectivity index (χ4v) is 1.30. The lowest BCUT2D eigenvalue weighted by molar-refractivity contribution is 0.187. The van der Waals surface area contributed by atoms with Gasteiger partial charge in [0.25, 0.3) is 0 Å². The van der Waals surface area contributed by atoms with Gasteiger partial charge in [-0.25, -0.2) is 4.98 Å². The molecule has 4 heteroatoms. The minimum atomic E-state index is -0.590. The summed E-state index contributed by atoms with van der Waals surface area (Å²) < 4.78 is 0. The van der Waals surface area contributed by atoms with Gasteiger partial charge in [-0.2, -0.15) is 0 Å². The molecule has 0 unspecified atom stereocenters. The Kier molecular flexibility index (Phi) is 2.00. The van der Waals surface area contributed by atoms with Gasteiger partial charge in [0.2, 0.25) is 0 Å². The smallest absolute Gasteiger partial charge is 0.0931 e. The summed E-state index contributed by atoms with van der Waals surface area (Å²) in [6, 6.07) is 5.56. The summed E-state index contributed by atoms with van der Waals surface area (Å²) in [4.78, 5) is 7.05. The highest BCUT2D eigenvalue weighted by Gasteiger charge is 2.05. The molecule has 4 N–H and O–H groups in total. The summed E-state index contributed by atoms with van der Waals surface area (Å²) in [6.45, 7) is 0.236. The highest BCUT2D eigenvalue weighted by Crippen LogP contribution is 2.16. The van der Waals surface area contributed by atoms with Crippen molar-refractivity contribution >= 4 is 11.0 Å². The second-order valence-corrected chi connectivity index (χ2v) is 2.93. The lowest BCUT2D eigenvalue weighted by atomic mass is 10.1. The number of H-pyrrole nitrogens is 1. The fraction of sp³-hybridized carbons (Fsp3) is 0.222. The van der Waals surface area contributed by atoms with Crippen LogP contribution in [0.5, 0.6) is 0 Å². The molecule has 1 heterocycles. The first kappa shape index (κ1) is 8.22. The number of hydrogen-bond acceptors (Lipinski definition) is 3. The minimum absolute atomic E-state index is 0.236. The number of nitrogens with two attached hydrogens (primary N) is 1. The molecule has 1 aromatic carbocycles. The molecule has 0 aliphatic carbocycles. The molecule has 0 saturated carbocycles. The van der Waals surface area contributed by atoms with Crippen LogP contribution in [0.2, 0.25) is 0 Å². The van der Waals surface area contributed by atoms with Gasteiger partial charge in [-0.05, 0) is 17.7 Å². The van der Waals surface area contributed by atoms with E-state index < -0.39 is 6.10 Å². The highest BCUT2D eigenvalue weighted by atomic mass is 16.3. The van der Waals surface area contributed by atoms with Crippen molar-refractivity contribution in [2.45, 2.75) is 6.10 Å². The average Bonchev–Trinajstić information content (AvgIpc) is 2.63. The zero-order chi connectivity index (χ0) is 9.26. The summed E-state index contributed by atoms with van der Waals surface area (Å²) in [5, 5.41) is 9.47. The van der Waals surface area contributed by atoms with E-state index in [4.69, 9.17) is 5.73 Å². The molecule has 0 spiro atoms. The molecule has 0 saturated heterocycles. The number of aromatic nitrogens is 2. The van der Waals surface area contributed by atoms with Crippen molar-refractivity contribution in [2.24, 2.45) is 5.73 Å². The number of hydrogen-bond donors (Lipinski definition) is 3. The molecule has 4 nitrogen and oxygen atoms in total. The van der Waals surface area contributed by atoms with Crippen LogP contribution in [0.3, 0.4) is 0 Å². The van der Waals surface area contributed by atoms with Crippen LogP contribution in [0.4, 0.5) is 0 Å². The van der Waals surface area contributed by atoms with Gasteiger partial charge in [0.05, 0.1) is 23.5 Å². The van der Waals surface area contributed by atoms with Crippen LogP contribution < -0.4 is 5.73 Å². The van der Waals surface area contributed by atoms with E-state index in [2.05, 4.69) is 9.97 Å².